The Balaban J connectivity index is 1.84. The monoisotopic (exact) mass is 276 g/mol. The number of hydrogen-bond donors (Lipinski definition) is 0. The van der Waals surface area contributed by atoms with Gasteiger partial charge in [-0.15, -0.1) is 0 Å². The van der Waals surface area contributed by atoms with Crippen LogP contribution in [0.3, 0.4) is 0 Å². The van der Waals surface area contributed by atoms with Crippen LogP contribution in [0.15, 0.2) is 36.7 Å². The van der Waals surface area contributed by atoms with E-state index in [-0.39, 0.29) is 0 Å². The van der Waals surface area contributed by atoms with E-state index in [1.165, 1.54) is 36.8 Å². The molecule has 1 nitrogen and oxygen atoms in total. The molecule has 1 aliphatic rings. The molecule has 0 aromatic heterocycles. The number of benzene rings is 1. The molecule has 0 unspecified atom stereocenters. The molecule has 0 aliphatic heterocycles. The van der Waals surface area contributed by atoms with Gasteiger partial charge in [0.1, 0.15) is 0 Å². The van der Waals surface area contributed by atoms with Gasteiger partial charge >= 0.3 is 0 Å². The summed E-state index contributed by atoms with van der Waals surface area (Å²) in [5.74, 6) is 1.46. The van der Waals surface area contributed by atoms with E-state index in [1.54, 1.807) is 13.2 Å². The van der Waals surface area contributed by atoms with Crippen molar-refractivity contribution >= 4 is 0 Å². The number of rotatable bonds is 6. The van der Waals surface area contributed by atoms with Crippen molar-refractivity contribution in [2.45, 2.75) is 44.4 Å². The van der Waals surface area contributed by atoms with Crippen molar-refractivity contribution in [3.63, 3.8) is 0 Å². The maximum absolute atomic E-state index is 11.9. The Morgan fingerprint density at radius 1 is 1.15 bits per heavy atom. The van der Waals surface area contributed by atoms with Crippen molar-refractivity contribution in [3.05, 3.63) is 47.8 Å². The average Bonchev–Trinajstić information content (AvgIpc) is 2.49. The molecule has 0 radical (unpaired) electrons. The van der Waals surface area contributed by atoms with Crippen molar-refractivity contribution in [1.29, 1.82) is 0 Å². The molecule has 1 fully saturated rings. The Morgan fingerprint density at radius 2 is 1.85 bits per heavy atom. The average molecular weight is 276 g/mol. The summed E-state index contributed by atoms with van der Waals surface area (Å²) < 4.78 is 17.2. The van der Waals surface area contributed by atoms with Crippen molar-refractivity contribution in [3.8, 4) is 0 Å². The number of hydrogen-bond acceptors (Lipinski definition) is 1. The quantitative estimate of drug-likeness (QED) is 0.708. The van der Waals surface area contributed by atoms with Gasteiger partial charge in [-0.3, -0.25) is 0 Å². The molecule has 0 bridgehead atoms. The summed E-state index contributed by atoms with van der Waals surface area (Å²) in [4.78, 5) is 0. The first kappa shape index (κ1) is 15.2. The number of allylic oxidation sites excluding steroid dienone is 1. The van der Waals surface area contributed by atoms with Crippen LogP contribution >= 0.6 is 0 Å². The Bertz CT molecular complexity index is 402. The minimum Gasteiger partial charge on any atom is -0.384 e. The predicted octanol–water partition coefficient (Wildman–Crippen LogP) is 5.02. The fraction of sp³-hybridized carbons (Fsp3) is 0.556. The van der Waals surface area contributed by atoms with E-state index in [9.17, 15) is 4.39 Å². The third-order valence-corrected chi connectivity index (χ3v) is 4.39. The molecule has 1 aromatic carbocycles. The van der Waals surface area contributed by atoms with Crippen LogP contribution in [0.4, 0.5) is 4.39 Å². The summed E-state index contributed by atoms with van der Waals surface area (Å²) in [5, 5.41) is 0. The smallest absolute Gasteiger partial charge is 0.0827 e. The molecule has 0 heterocycles. The van der Waals surface area contributed by atoms with Gasteiger partial charge < -0.3 is 4.74 Å². The second kappa shape index (κ2) is 8.21. The normalized spacial score (nSPS) is 23.3. The largest absolute Gasteiger partial charge is 0.384 e. The molecule has 0 spiro atoms. The predicted molar refractivity (Wildman–Crippen MR) is 81.6 cm³/mol. The van der Waals surface area contributed by atoms with E-state index in [1.807, 2.05) is 0 Å². The van der Waals surface area contributed by atoms with Crippen molar-refractivity contribution in [2.24, 2.45) is 5.92 Å². The van der Waals surface area contributed by atoms with Gasteiger partial charge in [-0.1, -0.05) is 30.3 Å². The van der Waals surface area contributed by atoms with Gasteiger partial charge in [0.15, 0.2) is 0 Å². The van der Waals surface area contributed by atoms with Gasteiger partial charge in [0.2, 0.25) is 0 Å². The van der Waals surface area contributed by atoms with Crippen LogP contribution in [0, 0.1) is 5.92 Å². The van der Waals surface area contributed by atoms with E-state index >= 15 is 0 Å². The number of halogens is 1. The first-order valence-corrected chi connectivity index (χ1v) is 7.66. The molecule has 110 valence electrons. The van der Waals surface area contributed by atoms with Crippen molar-refractivity contribution in [1.82, 2.24) is 0 Å². The molecule has 1 aromatic rings. The molecule has 20 heavy (non-hydrogen) atoms. The zero-order valence-corrected chi connectivity index (χ0v) is 12.4. The maximum Gasteiger partial charge on any atom is 0.0827 e. The molecular weight excluding hydrogens is 251 g/mol. The highest BCUT2D eigenvalue weighted by Gasteiger charge is 2.22. The number of methoxy groups -OCH3 is 1. The summed E-state index contributed by atoms with van der Waals surface area (Å²) in [6, 6.07) is 8.91. The first-order valence-electron chi connectivity index (χ1n) is 7.66. The highest BCUT2D eigenvalue weighted by Crippen LogP contribution is 2.35. The maximum atomic E-state index is 11.9. The van der Waals surface area contributed by atoms with Gasteiger partial charge in [-0.2, -0.15) is 0 Å². The molecule has 2 heteroatoms. The standard InChI is InChI=1S/C18H25FO/c1-20-14-16-7-11-18(12-8-16)17-9-5-15(6-10-17)4-2-3-13-19/h3,5-6,9-10,13,16,18H,2,4,7-8,11-12,14H2,1H3/b13-3+/t16-,18-. The zero-order chi connectivity index (χ0) is 14.2. The summed E-state index contributed by atoms with van der Waals surface area (Å²) in [7, 11) is 1.79. The Kier molecular flexibility index (Phi) is 6.25. The van der Waals surface area contributed by atoms with Crippen LogP contribution < -0.4 is 0 Å². The molecular formula is C18H25FO. The van der Waals surface area contributed by atoms with Crippen LogP contribution in [0.2, 0.25) is 0 Å². The van der Waals surface area contributed by atoms with E-state index in [2.05, 4.69) is 24.3 Å². The lowest BCUT2D eigenvalue weighted by atomic mass is 9.79. The van der Waals surface area contributed by atoms with Gasteiger partial charge in [0, 0.05) is 13.7 Å². The van der Waals surface area contributed by atoms with Gasteiger partial charge in [0.05, 0.1) is 6.33 Å². The Morgan fingerprint density at radius 3 is 2.45 bits per heavy atom. The fourth-order valence-electron chi connectivity index (χ4n) is 3.17. The summed E-state index contributed by atoms with van der Waals surface area (Å²) >= 11 is 0. The SMILES string of the molecule is COC[C@H]1CC[C@H](c2ccc(CC/C=C/F)cc2)CC1. The molecule has 0 atom stereocenters. The third kappa shape index (κ3) is 4.45. The number of ether oxygens (including phenoxy) is 1. The highest BCUT2D eigenvalue weighted by atomic mass is 19.1. The van der Waals surface area contributed by atoms with Gasteiger partial charge in [-0.25, -0.2) is 4.39 Å². The second-order valence-electron chi connectivity index (χ2n) is 5.81. The fourth-order valence-corrected chi connectivity index (χ4v) is 3.17. The van der Waals surface area contributed by atoms with Crippen molar-refractivity contribution in [2.75, 3.05) is 13.7 Å². The topological polar surface area (TPSA) is 9.23 Å². The third-order valence-electron chi connectivity index (χ3n) is 4.39. The lowest BCUT2D eigenvalue weighted by Crippen LogP contribution is -2.17. The minimum atomic E-state index is 0.632. The van der Waals surface area contributed by atoms with E-state index < -0.39 is 0 Å². The Hall–Kier alpha value is -1.15. The zero-order valence-electron chi connectivity index (χ0n) is 12.4. The van der Waals surface area contributed by atoms with Crippen LogP contribution in [-0.2, 0) is 11.2 Å². The lowest BCUT2D eigenvalue weighted by Gasteiger charge is -2.28. The number of aryl methyl sites for hydroxylation is 1. The van der Waals surface area contributed by atoms with Crippen LogP contribution in [-0.4, -0.2) is 13.7 Å². The van der Waals surface area contributed by atoms with Crippen molar-refractivity contribution < 1.29 is 9.13 Å². The minimum absolute atomic E-state index is 0.632. The molecule has 1 aliphatic carbocycles. The van der Waals surface area contributed by atoms with Crippen LogP contribution in [0.5, 0.6) is 0 Å². The summed E-state index contributed by atoms with van der Waals surface area (Å²) in [5.41, 5.74) is 2.76. The van der Waals surface area contributed by atoms with Gasteiger partial charge in [-0.05, 0) is 61.5 Å². The second-order valence-corrected chi connectivity index (χ2v) is 5.81. The van der Waals surface area contributed by atoms with Gasteiger partial charge in [0.25, 0.3) is 0 Å². The van der Waals surface area contributed by atoms with Crippen LogP contribution in [0.1, 0.15) is 49.1 Å². The van der Waals surface area contributed by atoms with E-state index in [0.717, 1.165) is 25.4 Å². The molecule has 1 saturated carbocycles. The summed E-state index contributed by atoms with van der Waals surface area (Å²) in [6.45, 7) is 0.910. The molecule has 2 rings (SSSR count). The summed E-state index contributed by atoms with van der Waals surface area (Å²) in [6.07, 6.45) is 9.01. The van der Waals surface area contributed by atoms with Crippen LogP contribution in [0.25, 0.3) is 0 Å². The first-order chi connectivity index (χ1) is 9.83. The lowest BCUT2D eigenvalue weighted by molar-refractivity contribution is 0.127. The van der Waals surface area contributed by atoms with E-state index in [4.69, 9.17) is 4.74 Å². The molecule has 0 N–H and O–H groups in total. The molecule has 0 amide bonds. The highest BCUT2D eigenvalue weighted by molar-refractivity contribution is 5.26. The van der Waals surface area contributed by atoms with E-state index in [0.29, 0.717) is 12.2 Å². The Labute approximate surface area is 121 Å². The molecule has 0 saturated heterocycles.